The molecule has 5 nitrogen and oxygen atoms in total. The van der Waals surface area contributed by atoms with Crippen LogP contribution in [0, 0.1) is 6.92 Å². The summed E-state index contributed by atoms with van der Waals surface area (Å²) in [5.41, 5.74) is 2.75. The SMILES string of the molecule is CCC(CCNc1nc2ccc(C)cc2cc1C(C)=O)NC1CCOCC1. The smallest absolute Gasteiger partial charge is 0.163 e. The normalized spacial score (nSPS) is 16.4. The van der Waals surface area contributed by atoms with Gasteiger partial charge < -0.3 is 15.4 Å². The fourth-order valence-corrected chi connectivity index (χ4v) is 3.67. The molecule has 2 heterocycles. The fraction of sp³-hybridized carbons (Fsp3) is 0.545. The number of nitrogens with one attached hydrogen (secondary N) is 2. The zero-order valence-corrected chi connectivity index (χ0v) is 16.7. The van der Waals surface area contributed by atoms with Gasteiger partial charge in [0.2, 0.25) is 0 Å². The average Bonchev–Trinajstić information content (AvgIpc) is 2.67. The molecule has 0 bridgehead atoms. The monoisotopic (exact) mass is 369 g/mol. The highest BCUT2D eigenvalue weighted by atomic mass is 16.5. The molecule has 1 aromatic carbocycles. The molecule has 1 aliphatic heterocycles. The molecule has 5 heteroatoms. The van der Waals surface area contributed by atoms with E-state index in [2.05, 4.69) is 36.6 Å². The molecule has 1 unspecified atom stereocenters. The lowest BCUT2D eigenvalue weighted by atomic mass is 10.0. The Morgan fingerprint density at radius 3 is 2.78 bits per heavy atom. The van der Waals surface area contributed by atoms with Gasteiger partial charge >= 0.3 is 0 Å². The van der Waals surface area contributed by atoms with Crippen molar-refractivity contribution < 1.29 is 9.53 Å². The topological polar surface area (TPSA) is 63.2 Å². The maximum atomic E-state index is 12.1. The van der Waals surface area contributed by atoms with Crippen LogP contribution in [0.5, 0.6) is 0 Å². The van der Waals surface area contributed by atoms with E-state index in [0.717, 1.165) is 56.3 Å². The maximum absolute atomic E-state index is 12.1. The number of ketones is 1. The maximum Gasteiger partial charge on any atom is 0.163 e. The third-order valence-electron chi connectivity index (χ3n) is 5.32. The van der Waals surface area contributed by atoms with Gasteiger partial charge in [-0.2, -0.15) is 0 Å². The lowest BCUT2D eigenvalue weighted by Gasteiger charge is -2.28. The lowest BCUT2D eigenvalue weighted by molar-refractivity contribution is 0.0745. The molecule has 1 fully saturated rings. The van der Waals surface area contributed by atoms with Gasteiger partial charge in [-0.05, 0) is 57.7 Å². The van der Waals surface area contributed by atoms with Crippen molar-refractivity contribution >= 4 is 22.5 Å². The second-order valence-electron chi connectivity index (χ2n) is 7.51. The Labute approximate surface area is 161 Å². The van der Waals surface area contributed by atoms with E-state index >= 15 is 0 Å². The summed E-state index contributed by atoms with van der Waals surface area (Å²) in [4.78, 5) is 16.8. The van der Waals surface area contributed by atoms with Gasteiger partial charge in [0.05, 0.1) is 11.1 Å². The molecule has 0 spiro atoms. The summed E-state index contributed by atoms with van der Waals surface area (Å²) in [5, 5.41) is 8.18. The first-order valence-electron chi connectivity index (χ1n) is 10.1. The zero-order valence-electron chi connectivity index (χ0n) is 16.7. The Morgan fingerprint density at radius 1 is 1.30 bits per heavy atom. The number of nitrogens with zero attached hydrogens (tertiary/aromatic N) is 1. The van der Waals surface area contributed by atoms with E-state index < -0.39 is 0 Å². The highest BCUT2D eigenvalue weighted by Gasteiger charge is 2.17. The second kappa shape index (κ2) is 9.29. The molecular weight excluding hydrogens is 338 g/mol. The van der Waals surface area contributed by atoms with E-state index in [9.17, 15) is 4.79 Å². The number of aromatic nitrogens is 1. The van der Waals surface area contributed by atoms with E-state index in [4.69, 9.17) is 9.72 Å². The Kier molecular flexibility index (Phi) is 6.80. The summed E-state index contributed by atoms with van der Waals surface area (Å²) >= 11 is 0. The predicted octanol–water partition coefficient (Wildman–Crippen LogP) is 4.10. The molecule has 1 atom stereocenters. The standard InChI is InChI=1S/C22H31N3O2/c1-4-18(24-19-8-11-27-12-9-19)7-10-23-22-20(16(3)26)14-17-13-15(2)5-6-21(17)25-22/h5-6,13-14,18-19,24H,4,7-12H2,1-3H3,(H,23,25). The van der Waals surface area contributed by atoms with Crippen molar-refractivity contribution in [3.8, 4) is 0 Å². The highest BCUT2D eigenvalue weighted by Crippen LogP contribution is 2.22. The van der Waals surface area contributed by atoms with Crippen LogP contribution in [0.25, 0.3) is 10.9 Å². The number of hydrogen-bond acceptors (Lipinski definition) is 5. The number of carbonyl (C=O) groups excluding carboxylic acids is 1. The molecule has 1 aromatic heterocycles. The van der Waals surface area contributed by atoms with Crippen molar-refractivity contribution in [2.45, 2.75) is 58.5 Å². The van der Waals surface area contributed by atoms with Crippen LogP contribution >= 0.6 is 0 Å². The van der Waals surface area contributed by atoms with Crippen LogP contribution in [-0.2, 0) is 4.74 Å². The number of pyridine rings is 1. The molecule has 27 heavy (non-hydrogen) atoms. The van der Waals surface area contributed by atoms with Crippen molar-refractivity contribution in [3.05, 3.63) is 35.4 Å². The first-order valence-corrected chi connectivity index (χ1v) is 10.1. The molecule has 2 aromatic rings. The first-order chi connectivity index (χ1) is 13.1. The molecule has 146 valence electrons. The lowest BCUT2D eigenvalue weighted by Crippen LogP contribution is -2.42. The number of hydrogen-bond donors (Lipinski definition) is 2. The molecule has 0 amide bonds. The van der Waals surface area contributed by atoms with Crippen molar-refractivity contribution in [3.63, 3.8) is 0 Å². The van der Waals surface area contributed by atoms with Crippen molar-refractivity contribution in [1.29, 1.82) is 0 Å². The summed E-state index contributed by atoms with van der Waals surface area (Å²) in [6.45, 7) is 8.37. The minimum absolute atomic E-state index is 0.0424. The molecular formula is C22H31N3O2. The number of carbonyl (C=O) groups is 1. The Hall–Kier alpha value is -1.98. The Morgan fingerprint density at radius 2 is 2.07 bits per heavy atom. The number of aryl methyl sites for hydroxylation is 1. The van der Waals surface area contributed by atoms with Gasteiger partial charge in [0.15, 0.2) is 5.78 Å². The van der Waals surface area contributed by atoms with Crippen LogP contribution < -0.4 is 10.6 Å². The van der Waals surface area contributed by atoms with Crippen LogP contribution in [0.15, 0.2) is 24.3 Å². The van der Waals surface area contributed by atoms with Gasteiger partial charge in [-0.1, -0.05) is 18.6 Å². The average molecular weight is 370 g/mol. The Bertz CT molecular complexity index is 784. The first kappa shape index (κ1) is 19.8. The predicted molar refractivity (Wildman–Crippen MR) is 111 cm³/mol. The molecule has 1 aliphatic rings. The third-order valence-corrected chi connectivity index (χ3v) is 5.32. The van der Waals surface area contributed by atoms with Crippen molar-refractivity contribution in [2.75, 3.05) is 25.1 Å². The van der Waals surface area contributed by atoms with Gasteiger partial charge in [0, 0.05) is 37.2 Å². The van der Waals surface area contributed by atoms with Crippen LogP contribution in [0.3, 0.4) is 0 Å². The van der Waals surface area contributed by atoms with Gasteiger partial charge in [0.25, 0.3) is 0 Å². The number of Topliss-reactive ketones (excluding diaryl/α,β-unsaturated/α-hetero) is 1. The largest absolute Gasteiger partial charge is 0.381 e. The molecule has 3 rings (SSSR count). The third kappa shape index (κ3) is 5.27. The van der Waals surface area contributed by atoms with E-state index in [0.29, 0.717) is 23.5 Å². The van der Waals surface area contributed by atoms with Gasteiger partial charge in [0.1, 0.15) is 5.82 Å². The summed E-state index contributed by atoms with van der Waals surface area (Å²) in [7, 11) is 0. The molecule has 2 N–H and O–H groups in total. The molecule has 1 saturated heterocycles. The second-order valence-corrected chi connectivity index (χ2v) is 7.51. The van der Waals surface area contributed by atoms with E-state index in [1.54, 1.807) is 6.92 Å². The van der Waals surface area contributed by atoms with Crippen molar-refractivity contribution in [2.24, 2.45) is 0 Å². The summed E-state index contributed by atoms with van der Waals surface area (Å²) in [6, 6.07) is 9.11. The van der Waals surface area contributed by atoms with Crippen LogP contribution in [0.2, 0.25) is 0 Å². The number of rotatable bonds is 8. The Balaban J connectivity index is 1.65. The van der Waals surface area contributed by atoms with Gasteiger partial charge in [-0.15, -0.1) is 0 Å². The quantitative estimate of drug-likeness (QED) is 0.686. The number of anilines is 1. The van der Waals surface area contributed by atoms with Gasteiger partial charge in [-0.3, -0.25) is 4.79 Å². The minimum atomic E-state index is 0.0424. The molecule has 0 aliphatic carbocycles. The van der Waals surface area contributed by atoms with Crippen molar-refractivity contribution in [1.82, 2.24) is 10.3 Å². The summed E-state index contributed by atoms with van der Waals surface area (Å²) in [5.74, 6) is 0.737. The number of benzene rings is 1. The van der Waals surface area contributed by atoms with Crippen LogP contribution in [0.4, 0.5) is 5.82 Å². The van der Waals surface area contributed by atoms with Gasteiger partial charge in [-0.25, -0.2) is 4.98 Å². The molecule has 0 radical (unpaired) electrons. The van der Waals surface area contributed by atoms with E-state index in [-0.39, 0.29) is 5.78 Å². The number of ether oxygens (including phenoxy) is 1. The van der Waals surface area contributed by atoms with Crippen LogP contribution in [-0.4, -0.2) is 42.6 Å². The molecule has 0 saturated carbocycles. The fourth-order valence-electron chi connectivity index (χ4n) is 3.67. The zero-order chi connectivity index (χ0) is 19.2. The highest BCUT2D eigenvalue weighted by molar-refractivity contribution is 6.02. The number of fused-ring (bicyclic) bond motifs is 1. The van der Waals surface area contributed by atoms with E-state index in [1.807, 2.05) is 12.1 Å². The van der Waals surface area contributed by atoms with Crippen LogP contribution in [0.1, 0.15) is 55.5 Å². The van der Waals surface area contributed by atoms with E-state index in [1.165, 1.54) is 5.56 Å². The minimum Gasteiger partial charge on any atom is -0.381 e. The summed E-state index contributed by atoms with van der Waals surface area (Å²) in [6.07, 6.45) is 4.26. The summed E-state index contributed by atoms with van der Waals surface area (Å²) < 4.78 is 5.44.